The highest BCUT2D eigenvalue weighted by atomic mass is 16.3. The summed E-state index contributed by atoms with van der Waals surface area (Å²) in [6.45, 7) is 9.46. The van der Waals surface area contributed by atoms with Crippen LogP contribution in [0.5, 0.6) is 0 Å². The van der Waals surface area contributed by atoms with Crippen molar-refractivity contribution in [2.45, 2.75) is 203 Å². The minimum atomic E-state index is -0.807. The molecule has 0 unspecified atom stereocenters. The largest absolute Gasteiger partial charge is 0.456 e. The van der Waals surface area contributed by atoms with Crippen LogP contribution in [0, 0.1) is 0 Å². The van der Waals surface area contributed by atoms with Crippen molar-refractivity contribution >= 4 is 61.2 Å². The second kappa shape index (κ2) is 30.6. The summed E-state index contributed by atoms with van der Waals surface area (Å²) < 4.78 is 14.5. The van der Waals surface area contributed by atoms with Gasteiger partial charge in [0, 0.05) is 61.7 Å². The van der Waals surface area contributed by atoms with Crippen molar-refractivity contribution in [3.05, 3.63) is 340 Å². The van der Waals surface area contributed by atoms with Crippen molar-refractivity contribution in [2.24, 2.45) is 0 Å². The summed E-state index contributed by atoms with van der Waals surface area (Å²) in [6, 6.07) is 99.8. The van der Waals surface area contributed by atoms with Crippen LogP contribution >= 0.6 is 0 Å². The summed E-state index contributed by atoms with van der Waals surface area (Å²) in [5.74, 6) is 0.639. The normalized spacial score (nSPS) is 14.6. The average Bonchev–Trinajstić information content (AvgIpc) is 1.50. The zero-order valence-electron chi connectivity index (χ0n) is 66.6. The topological polar surface area (TPSA) is 55.3 Å². The van der Waals surface area contributed by atoms with E-state index in [2.05, 4.69) is 287 Å². The Labute approximate surface area is 668 Å². The Morgan fingerprint density at radius 1 is 0.283 bits per heavy atom. The molecule has 0 atom stereocenters. The highest BCUT2D eigenvalue weighted by molar-refractivity contribution is 6.21. The number of anilines is 3. The monoisotopic (exact) mass is 1480 g/mol. The maximum Gasteiger partial charge on any atom is 0.234 e. The molecule has 0 amide bonds. The Bertz CT molecular complexity index is 5860. The predicted molar refractivity (Wildman–Crippen MR) is 472 cm³/mol. The molecule has 0 radical (unpaired) electrons. The van der Waals surface area contributed by atoms with Crippen LogP contribution < -0.4 is 4.90 Å². The third-order valence-electron chi connectivity index (χ3n) is 27.1. The maximum atomic E-state index is 7.63. The molecule has 0 bridgehead atoms. The molecule has 3 aromatic heterocycles. The van der Waals surface area contributed by atoms with Gasteiger partial charge in [-0.15, -0.1) is 0 Å². The number of unbranched alkanes of at least 4 members (excludes halogenated alkanes) is 16. The number of para-hydroxylation sites is 2. The molecule has 0 N–H and O–H groups in total. The van der Waals surface area contributed by atoms with Gasteiger partial charge in [0.25, 0.3) is 0 Å². The lowest BCUT2D eigenvalue weighted by Crippen LogP contribution is -2.33. The smallest absolute Gasteiger partial charge is 0.234 e. The van der Waals surface area contributed by atoms with E-state index < -0.39 is 10.8 Å². The van der Waals surface area contributed by atoms with Crippen LogP contribution in [0.3, 0.4) is 0 Å². The van der Waals surface area contributed by atoms with Crippen molar-refractivity contribution in [1.82, 2.24) is 9.97 Å². The zero-order chi connectivity index (χ0) is 76.1. The van der Waals surface area contributed by atoms with Crippen LogP contribution in [0.15, 0.2) is 282 Å². The first-order valence-electron chi connectivity index (χ1n) is 43.3. The van der Waals surface area contributed by atoms with E-state index in [1.165, 1.54) is 226 Å². The quantitative estimate of drug-likeness (QED) is 0.0405. The maximum absolute atomic E-state index is 7.63. The van der Waals surface area contributed by atoms with Gasteiger partial charge in [-0.25, -0.2) is 9.97 Å². The van der Waals surface area contributed by atoms with E-state index >= 15 is 0 Å². The van der Waals surface area contributed by atoms with Crippen molar-refractivity contribution in [3.8, 4) is 44.5 Å². The lowest BCUT2D eigenvalue weighted by atomic mass is 9.62. The van der Waals surface area contributed by atoms with Crippen LogP contribution in [0.2, 0.25) is 0 Å². The summed E-state index contributed by atoms with van der Waals surface area (Å²) in [6.07, 6.45) is 32.9. The Hall–Kier alpha value is -10.9. The van der Waals surface area contributed by atoms with Gasteiger partial charge in [0.15, 0.2) is 0 Å². The lowest BCUT2D eigenvalue weighted by molar-refractivity contribution is 0.369. The Balaban J connectivity index is 0.876. The van der Waals surface area contributed by atoms with Crippen molar-refractivity contribution in [3.63, 3.8) is 0 Å². The fourth-order valence-corrected chi connectivity index (χ4v) is 22.2. The number of hydrogen-bond acceptors (Lipinski definition) is 5. The second-order valence-electron chi connectivity index (χ2n) is 33.4. The van der Waals surface area contributed by atoms with E-state index in [1.807, 2.05) is 18.5 Å². The van der Waals surface area contributed by atoms with Crippen LogP contribution in [0.4, 0.5) is 17.3 Å². The molecule has 4 aliphatic rings. The van der Waals surface area contributed by atoms with Gasteiger partial charge in [0.2, 0.25) is 5.95 Å². The molecule has 12 aromatic carbocycles. The number of aromatic nitrogens is 2. The average molecular weight is 1480 g/mol. The van der Waals surface area contributed by atoms with Crippen molar-refractivity contribution in [2.75, 3.05) is 4.90 Å². The first-order chi connectivity index (χ1) is 55.9. The van der Waals surface area contributed by atoms with Crippen molar-refractivity contribution < 1.29 is 8.83 Å². The minimum absolute atomic E-state index is 0.202. The predicted octanol–water partition coefficient (Wildman–Crippen LogP) is 30.4. The van der Waals surface area contributed by atoms with Gasteiger partial charge in [-0.2, -0.15) is 0 Å². The molecule has 4 aliphatic carbocycles. The van der Waals surface area contributed by atoms with Gasteiger partial charge in [0.05, 0.1) is 10.8 Å². The highest BCUT2D eigenvalue weighted by Crippen LogP contribution is 2.69. The molecule has 19 rings (SSSR count). The summed E-state index contributed by atoms with van der Waals surface area (Å²) in [7, 11) is 0. The number of benzene rings is 12. The molecule has 564 valence electrons. The Morgan fingerprint density at radius 3 is 1.25 bits per heavy atom. The molecule has 3 heterocycles. The molecular weight excluding hydrogens is 1370 g/mol. The van der Waals surface area contributed by atoms with Crippen LogP contribution in [0.25, 0.3) is 88.4 Å². The fraction of sp³-hybridized carbons (Fsp3) is 0.296. The molecule has 5 nitrogen and oxygen atoms in total. The first kappa shape index (κ1) is 72.4. The summed E-state index contributed by atoms with van der Waals surface area (Å²) >= 11 is 0. The Morgan fingerprint density at radius 2 is 0.699 bits per heavy atom. The Kier molecular flexibility index (Phi) is 19.6. The minimum Gasteiger partial charge on any atom is -0.456 e. The van der Waals surface area contributed by atoms with E-state index in [1.54, 1.807) is 11.1 Å². The molecule has 0 saturated heterocycles. The van der Waals surface area contributed by atoms with Gasteiger partial charge in [-0.3, -0.25) is 4.90 Å². The fourth-order valence-electron chi connectivity index (χ4n) is 22.2. The van der Waals surface area contributed by atoms with Gasteiger partial charge in [0.1, 0.15) is 22.3 Å². The van der Waals surface area contributed by atoms with Gasteiger partial charge < -0.3 is 8.83 Å². The number of furan rings is 2. The summed E-state index contributed by atoms with van der Waals surface area (Å²) in [5, 5.41) is 4.78. The third kappa shape index (κ3) is 11.6. The molecule has 0 fully saturated rings. The van der Waals surface area contributed by atoms with E-state index in [0.29, 0.717) is 5.95 Å². The molecule has 0 aliphatic heterocycles. The highest BCUT2D eigenvalue weighted by Gasteiger charge is 2.56. The molecular formula is C108H105N3O2. The summed E-state index contributed by atoms with van der Waals surface area (Å²) in [4.78, 5) is 13.2. The zero-order valence-corrected chi connectivity index (χ0v) is 66.6. The molecule has 15 aromatic rings. The van der Waals surface area contributed by atoms with E-state index in [0.717, 1.165) is 83.0 Å². The molecule has 0 spiro atoms. The van der Waals surface area contributed by atoms with E-state index in [4.69, 9.17) is 18.8 Å². The first-order valence-corrected chi connectivity index (χ1v) is 43.3. The van der Waals surface area contributed by atoms with Crippen LogP contribution in [0.1, 0.15) is 249 Å². The lowest BCUT2D eigenvalue weighted by Gasteiger charge is -2.40. The molecule has 0 saturated carbocycles. The van der Waals surface area contributed by atoms with Crippen LogP contribution in [-0.4, -0.2) is 9.97 Å². The van der Waals surface area contributed by atoms with E-state index in [-0.39, 0.29) is 10.8 Å². The second-order valence-corrected chi connectivity index (χ2v) is 33.4. The van der Waals surface area contributed by atoms with E-state index in [9.17, 15) is 0 Å². The number of hydrogen-bond donors (Lipinski definition) is 0. The number of fused-ring (bicyclic) bond motifs is 22. The van der Waals surface area contributed by atoms with Crippen molar-refractivity contribution in [1.29, 1.82) is 0 Å². The van der Waals surface area contributed by atoms with Crippen LogP contribution in [-0.2, 0) is 21.7 Å². The van der Waals surface area contributed by atoms with Gasteiger partial charge in [-0.05, 0) is 192 Å². The molecule has 5 heteroatoms. The number of rotatable bonds is 31. The summed E-state index contributed by atoms with van der Waals surface area (Å²) in [5.41, 5.74) is 30.4. The van der Waals surface area contributed by atoms with Gasteiger partial charge in [-0.1, -0.05) is 356 Å². The SMILES string of the molecule is CCCCCCCC1(CCCCCCC)c2ccccc2-c2c1c1c(c3c2oc2ccccc23)-c2ccc(N(c3ccc4c(c3)C(c3ccccc3)(c3ccccc3)c3cc5c(cc3-4)C(c3ccccc3)(c3ccccc3)c3ccc4oc6ccccc6c4c3-5)c3ncccn3)cc2C1(CCCCCCC)CCCCCCC. The van der Waals surface area contributed by atoms with Gasteiger partial charge >= 0.3 is 0 Å². The molecule has 113 heavy (non-hydrogen) atoms. The third-order valence-corrected chi connectivity index (χ3v) is 27.1. The number of nitrogens with zero attached hydrogens (tertiary/aromatic N) is 3. The standard InChI is InChI=1S/C108H105N3O2/c1-5-9-13-17-39-64-105(65-40-18-14-10-6-2)87-55-36-33-52-81(87)100-102(105)101-98(99-84-54-35-38-57-94(84)113-103(99)100)82-61-59-78(70-89(82)106(101,66-41-19-15-11-7-3)67-42-20-16-12-8-4)111(104-109-68-43-69-110-104)79-58-60-80-85-72-92-86(73-91(85)108(90(80)71-79,76-48-29-23-30-49-76)77-50-31-24-32-51-77)96-88(62-63-95-97(96)83-53-34-37-56-93(83)112-95)107(92,74-44-25-21-26-45-74)75-46-27-22-28-47-75/h21-38,43-63,68-73H,5-20,39-42,64-67H2,1-4H3.